The molecular weight excluding hydrogens is 324 g/mol. The van der Waals surface area contributed by atoms with E-state index in [-0.39, 0.29) is 0 Å². The van der Waals surface area contributed by atoms with E-state index < -0.39 is 6.10 Å². The Morgan fingerprint density at radius 1 is 1.37 bits per heavy atom. The van der Waals surface area contributed by atoms with E-state index >= 15 is 0 Å². The van der Waals surface area contributed by atoms with Crippen LogP contribution in [0.1, 0.15) is 17.2 Å². The lowest BCUT2D eigenvalue weighted by molar-refractivity contribution is 0.204. The van der Waals surface area contributed by atoms with Gasteiger partial charge in [-0.2, -0.15) is 0 Å². The standard InChI is InChI=1S/C14H15BrN2OS/c1-9-6-7-17-14(16)13(9)11(18)8-19-12-5-3-2-4-10(12)15/h2-7,11,18H,8H2,1H3,(H2,16,17). The van der Waals surface area contributed by atoms with Gasteiger partial charge in [-0.05, 0) is 46.6 Å². The zero-order chi connectivity index (χ0) is 13.8. The Labute approximate surface area is 125 Å². The van der Waals surface area contributed by atoms with Crippen LogP contribution in [-0.2, 0) is 0 Å². The van der Waals surface area contributed by atoms with Crippen LogP contribution in [0.4, 0.5) is 5.82 Å². The number of hydrogen-bond acceptors (Lipinski definition) is 4. The van der Waals surface area contributed by atoms with Crippen molar-refractivity contribution in [2.75, 3.05) is 11.5 Å². The fourth-order valence-electron chi connectivity index (χ4n) is 1.84. The van der Waals surface area contributed by atoms with Gasteiger partial charge in [-0.3, -0.25) is 0 Å². The summed E-state index contributed by atoms with van der Waals surface area (Å²) in [6, 6.07) is 9.80. The molecule has 0 fully saturated rings. The first kappa shape index (κ1) is 14.4. The molecule has 0 bridgehead atoms. The Kier molecular flexibility index (Phi) is 4.85. The van der Waals surface area contributed by atoms with Crippen molar-refractivity contribution in [2.45, 2.75) is 17.9 Å². The summed E-state index contributed by atoms with van der Waals surface area (Å²) in [5.74, 6) is 0.944. The average Bonchev–Trinajstić information content (AvgIpc) is 2.37. The van der Waals surface area contributed by atoms with E-state index in [1.54, 1.807) is 18.0 Å². The number of aryl methyl sites for hydroxylation is 1. The molecule has 3 nitrogen and oxygen atoms in total. The number of anilines is 1. The zero-order valence-corrected chi connectivity index (χ0v) is 12.9. The predicted molar refractivity (Wildman–Crippen MR) is 83.2 cm³/mol. The van der Waals surface area contributed by atoms with Crippen molar-refractivity contribution in [1.82, 2.24) is 4.98 Å². The Morgan fingerprint density at radius 3 is 2.79 bits per heavy atom. The van der Waals surface area contributed by atoms with Crippen LogP contribution in [0, 0.1) is 6.92 Å². The van der Waals surface area contributed by atoms with Gasteiger partial charge in [0.05, 0.1) is 6.10 Å². The van der Waals surface area contributed by atoms with E-state index in [1.165, 1.54) is 0 Å². The number of nitrogens with zero attached hydrogens (tertiary/aromatic N) is 1. The molecule has 3 N–H and O–H groups in total. The molecule has 0 aliphatic carbocycles. The van der Waals surface area contributed by atoms with Crippen LogP contribution in [0.5, 0.6) is 0 Å². The molecular formula is C14H15BrN2OS. The summed E-state index contributed by atoms with van der Waals surface area (Å²) in [5.41, 5.74) is 7.52. The van der Waals surface area contributed by atoms with Gasteiger partial charge in [-0.1, -0.05) is 12.1 Å². The van der Waals surface area contributed by atoms with Gasteiger partial charge in [0.25, 0.3) is 0 Å². The monoisotopic (exact) mass is 338 g/mol. The first-order valence-electron chi connectivity index (χ1n) is 5.86. The number of halogens is 1. The number of nitrogen functional groups attached to an aromatic ring is 1. The van der Waals surface area contributed by atoms with Gasteiger partial charge in [0.2, 0.25) is 0 Å². The van der Waals surface area contributed by atoms with Gasteiger partial charge in [0.15, 0.2) is 0 Å². The van der Waals surface area contributed by atoms with E-state index in [1.807, 2.05) is 37.3 Å². The molecule has 0 radical (unpaired) electrons. The van der Waals surface area contributed by atoms with E-state index in [0.29, 0.717) is 11.6 Å². The topological polar surface area (TPSA) is 59.1 Å². The molecule has 0 saturated heterocycles. The number of benzene rings is 1. The maximum absolute atomic E-state index is 10.3. The van der Waals surface area contributed by atoms with E-state index in [4.69, 9.17) is 5.73 Å². The van der Waals surface area contributed by atoms with Gasteiger partial charge in [-0.15, -0.1) is 11.8 Å². The summed E-state index contributed by atoms with van der Waals surface area (Å²) >= 11 is 5.08. The highest BCUT2D eigenvalue weighted by atomic mass is 79.9. The lowest BCUT2D eigenvalue weighted by Gasteiger charge is -2.15. The second-order valence-corrected chi connectivity index (χ2v) is 6.10. The number of hydrogen-bond donors (Lipinski definition) is 2. The van der Waals surface area contributed by atoms with Crippen molar-refractivity contribution in [1.29, 1.82) is 0 Å². The van der Waals surface area contributed by atoms with E-state index in [9.17, 15) is 5.11 Å². The summed E-state index contributed by atoms with van der Waals surface area (Å²) in [6.07, 6.45) is 1.03. The van der Waals surface area contributed by atoms with Gasteiger partial charge in [0.1, 0.15) is 5.82 Å². The minimum atomic E-state index is -0.620. The van der Waals surface area contributed by atoms with Crippen molar-refractivity contribution in [3.05, 3.63) is 52.1 Å². The molecule has 1 heterocycles. The van der Waals surface area contributed by atoms with Crippen LogP contribution in [0.2, 0.25) is 0 Å². The maximum atomic E-state index is 10.3. The Bertz CT molecular complexity index is 557. The van der Waals surface area contributed by atoms with Gasteiger partial charge in [0, 0.05) is 26.9 Å². The maximum Gasteiger partial charge on any atom is 0.129 e. The fraction of sp³-hybridized carbons (Fsp3) is 0.214. The van der Waals surface area contributed by atoms with E-state index in [0.717, 1.165) is 20.5 Å². The molecule has 0 spiro atoms. The number of pyridine rings is 1. The minimum Gasteiger partial charge on any atom is -0.387 e. The van der Waals surface area contributed by atoms with Crippen molar-refractivity contribution in [3.8, 4) is 0 Å². The Balaban J connectivity index is 2.10. The van der Waals surface area contributed by atoms with Crippen molar-refractivity contribution in [3.63, 3.8) is 0 Å². The zero-order valence-electron chi connectivity index (χ0n) is 10.5. The highest BCUT2D eigenvalue weighted by Gasteiger charge is 2.15. The third-order valence-corrected chi connectivity index (χ3v) is 4.91. The summed E-state index contributed by atoms with van der Waals surface area (Å²) in [6.45, 7) is 1.93. The number of aliphatic hydroxyl groups excluding tert-OH is 1. The third-order valence-electron chi connectivity index (χ3n) is 2.81. The van der Waals surface area contributed by atoms with Crippen LogP contribution < -0.4 is 5.73 Å². The molecule has 1 aromatic heterocycles. The normalized spacial score (nSPS) is 12.4. The lowest BCUT2D eigenvalue weighted by atomic mass is 10.1. The SMILES string of the molecule is Cc1ccnc(N)c1C(O)CSc1ccccc1Br. The molecule has 0 aliphatic heterocycles. The highest BCUT2D eigenvalue weighted by molar-refractivity contribution is 9.10. The molecule has 1 aromatic carbocycles. The molecule has 2 aromatic rings. The third kappa shape index (κ3) is 3.49. The predicted octanol–water partition coefficient (Wildman–Crippen LogP) is 3.56. The molecule has 0 saturated carbocycles. The molecule has 0 amide bonds. The molecule has 1 atom stereocenters. The fourth-order valence-corrected chi connectivity index (χ4v) is 3.35. The quantitative estimate of drug-likeness (QED) is 0.837. The number of thioether (sulfide) groups is 1. The Morgan fingerprint density at radius 2 is 2.11 bits per heavy atom. The second kappa shape index (κ2) is 6.41. The molecule has 19 heavy (non-hydrogen) atoms. The smallest absolute Gasteiger partial charge is 0.129 e. The second-order valence-electron chi connectivity index (χ2n) is 4.18. The largest absolute Gasteiger partial charge is 0.387 e. The van der Waals surface area contributed by atoms with Crippen molar-refractivity contribution in [2.24, 2.45) is 0 Å². The summed E-state index contributed by atoms with van der Waals surface area (Å²) < 4.78 is 1.03. The molecule has 5 heteroatoms. The van der Waals surface area contributed by atoms with Crippen molar-refractivity contribution < 1.29 is 5.11 Å². The van der Waals surface area contributed by atoms with Crippen LogP contribution in [0.3, 0.4) is 0 Å². The summed E-state index contributed by atoms with van der Waals surface area (Å²) in [7, 11) is 0. The highest BCUT2D eigenvalue weighted by Crippen LogP contribution is 2.32. The van der Waals surface area contributed by atoms with E-state index in [2.05, 4.69) is 20.9 Å². The number of aromatic nitrogens is 1. The lowest BCUT2D eigenvalue weighted by Crippen LogP contribution is -2.08. The molecule has 2 rings (SSSR count). The minimum absolute atomic E-state index is 0.403. The van der Waals surface area contributed by atoms with Crippen LogP contribution in [-0.4, -0.2) is 15.8 Å². The Hall–Kier alpha value is -1.04. The van der Waals surface area contributed by atoms with Gasteiger partial charge in [-0.25, -0.2) is 4.98 Å². The average molecular weight is 339 g/mol. The summed E-state index contributed by atoms with van der Waals surface area (Å²) in [4.78, 5) is 5.13. The first-order valence-corrected chi connectivity index (χ1v) is 7.64. The molecule has 100 valence electrons. The van der Waals surface area contributed by atoms with Gasteiger partial charge < -0.3 is 10.8 Å². The number of aliphatic hydroxyl groups is 1. The first-order chi connectivity index (χ1) is 9.09. The molecule has 0 aliphatic rings. The summed E-state index contributed by atoms with van der Waals surface area (Å²) in [5, 5.41) is 10.3. The number of rotatable bonds is 4. The molecule has 1 unspecified atom stereocenters. The van der Waals surface area contributed by atoms with Crippen molar-refractivity contribution >= 4 is 33.5 Å². The van der Waals surface area contributed by atoms with Crippen LogP contribution in [0.25, 0.3) is 0 Å². The number of nitrogens with two attached hydrogens (primary N) is 1. The van der Waals surface area contributed by atoms with Gasteiger partial charge >= 0.3 is 0 Å². The van der Waals surface area contributed by atoms with Crippen LogP contribution >= 0.6 is 27.7 Å². The van der Waals surface area contributed by atoms with Crippen LogP contribution in [0.15, 0.2) is 45.9 Å².